The summed E-state index contributed by atoms with van der Waals surface area (Å²) in [6.07, 6.45) is -4.47. The van der Waals surface area contributed by atoms with Crippen molar-refractivity contribution in [2.24, 2.45) is 7.05 Å². The van der Waals surface area contributed by atoms with Crippen LogP contribution in [0.5, 0.6) is 17.2 Å². The molecule has 142 valence electrons. The molecule has 1 aromatic heterocycles. The van der Waals surface area contributed by atoms with Gasteiger partial charge in [-0.15, -0.1) is 0 Å². The summed E-state index contributed by atoms with van der Waals surface area (Å²) in [6, 6.07) is 1.40. The molecule has 2 aromatic rings. The number of methoxy groups -OCH3 is 1. The van der Waals surface area contributed by atoms with E-state index in [0.29, 0.717) is 34.2 Å². The Morgan fingerprint density at radius 3 is 2.46 bits per heavy atom. The highest BCUT2D eigenvalue weighted by Gasteiger charge is 2.43. The predicted octanol–water partition coefficient (Wildman–Crippen LogP) is 3.17. The number of ether oxygens (including phenoxy) is 3. The van der Waals surface area contributed by atoms with Crippen LogP contribution in [0.1, 0.15) is 28.6 Å². The van der Waals surface area contributed by atoms with Gasteiger partial charge in [-0.3, -0.25) is 10.00 Å². The summed E-state index contributed by atoms with van der Waals surface area (Å²) in [5.74, 6) is 1.43. The zero-order valence-corrected chi connectivity index (χ0v) is 14.9. The molecule has 1 aliphatic heterocycles. The molecule has 3 rings (SSSR count). The first-order valence-corrected chi connectivity index (χ1v) is 7.99. The molecule has 9 heteroatoms. The Labute approximate surface area is 148 Å². The van der Waals surface area contributed by atoms with E-state index in [4.69, 9.17) is 14.2 Å². The van der Waals surface area contributed by atoms with Gasteiger partial charge in [-0.05, 0) is 19.9 Å². The van der Waals surface area contributed by atoms with Crippen molar-refractivity contribution in [1.29, 1.82) is 0 Å². The minimum absolute atomic E-state index is 0.0578. The van der Waals surface area contributed by atoms with Gasteiger partial charge in [-0.25, -0.2) is 0 Å². The number of fused-ring (bicyclic) bond motifs is 1. The van der Waals surface area contributed by atoms with Crippen LogP contribution in [0.25, 0.3) is 0 Å². The number of rotatable bonds is 5. The molecule has 1 N–H and O–H groups in total. The van der Waals surface area contributed by atoms with Gasteiger partial charge >= 0.3 is 6.18 Å². The van der Waals surface area contributed by atoms with Crippen LogP contribution < -0.4 is 19.5 Å². The van der Waals surface area contributed by atoms with Crippen LogP contribution in [-0.4, -0.2) is 29.9 Å². The minimum atomic E-state index is -4.47. The Kier molecular flexibility index (Phi) is 4.74. The van der Waals surface area contributed by atoms with Gasteiger partial charge in [0.05, 0.1) is 12.8 Å². The zero-order valence-electron chi connectivity index (χ0n) is 14.9. The number of nitrogens with one attached hydrogen (secondary N) is 1. The molecule has 6 nitrogen and oxygen atoms in total. The van der Waals surface area contributed by atoms with Crippen molar-refractivity contribution in [2.45, 2.75) is 32.6 Å². The van der Waals surface area contributed by atoms with Gasteiger partial charge in [0.25, 0.3) is 0 Å². The van der Waals surface area contributed by atoms with E-state index in [1.807, 2.05) is 0 Å². The van der Waals surface area contributed by atoms with Gasteiger partial charge in [-0.2, -0.15) is 18.3 Å². The number of halogens is 3. The molecular weight excluding hydrogens is 351 g/mol. The van der Waals surface area contributed by atoms with E-state index in [0.717, 1.165) is 0 Å². The lowest BCUT2D eigenvalue weighted by molar-refractivity contribution is -0.158. The largest absolute Gasteiger partial charge is 0.496 e. The summed E-state index contributed by atoms with van der Waals surface area (Å²) in [6.45, 7) is 3.22. The average molecular weight is 371 g/mol. The standard InChI is InChI=1S/C17H20F3N3O3/c1-9-15(10(2)23(3)22-9)16(17(18,19)20)21-7-11-5-13-14(26-8-25-13)6-12(11)24-4/h5-6,16,21H,7-8H2,1-4H3/t16-/m1/s1. The van der Waals surface area contributed by atoms with Crippen LogP contribution in [0.2, 0.25) is 0 Å². The maximum atomic E-state index is 13.7. The molecule has 0 saturated heterocycles. The molecule has 2 heterocycles. The fraction of sp³-hybridized carbons (Fsp3) is 0.471. The number of aromatic nitrogens is 2. The summed E-state index contributed by atoms with van der Waals surface area (Å²) in [7, 11) is 3.08. The number of alkyl halides is 3. The van der Waals surface area contributed by atoms with Crippen molar-refractivity contribution >= 4 is 0 Å². The molecular formula is C17H20F3N3O3. The highest BCUT2D eigenvalue weighted by molar-refractivity contribution is 5.51. The van der Waals surface area contributed by atoms with Crippen LogP contribution in [0.15, 0.2) is 12.1 Å². The lowest BCUT2D eigenvalue weighted by Crippen LogP contribution is -2.34. The number of nitrogens with zero attached hydrogens (tertiary/aromatic N) is 2. The summed E-state index contributed by atoms with van der Waals surface area (Å²) in [4.78, 5) is 0. The van der Waals surface area contributed by atoms with Crippen molar-refractivity contribution in [3.63, 3.8) is 0 Å². The highest BCUT2D eigenvalue weighted by Crippen LogP contribution is 2.40. The van der Waals surface area contributed by atoms with Gasteiger partial charge in [0.1, 0.15) is 11.8 Å². The third-order valence-corrected chi connectivity index (χ3v) is 4.45. The van der Waals surface area contributed by atoms with Gasteiger partial charge in [0.2, 0.25) is 6.79 Å². The van der Waals surface area contributed by atoms with Crippen molar-refractivity contribution in [2.75, 3.05) is 13.9 Å². The number of hydrogen-bond donors (Lipinski definition) is 1. The van der Waals surface area contributed by atoms with E-state index in [1.165, 1.54) is 11.8 Å². The molecule has 0 spiro atoms. The normalized spacial score (nSPS) is 14.6. The molecule has 0 aliphatic carbocycles. The number of aryl methyl sites for hydroxylation is 2. The Morgan fingerprint density at radius 2 is 1.92 bits per heavy atom. The Hall–Kier alpha value is -2.42. The molecule has 0 radical (unpaired) electrons. The molecule has 0 bridgehead atoms. The fourth-order valence-electron chi connectivity index (χ4n) is 3.09. The fourth-order valence-corrected chi connectivity index (χ4v) is 3.09. The van der Waals surface area contributed by atoms with Crippen LogP contribution in [0.3, 0.4) is 0 Å². The van der Waals surface area contributed by atoms with Gasteiger partial charge in [0, 0.05) is 36.5 Å². The van der Waals surface area contributed by atoms with Crippen molar-refractivity contribution in [3.05, 3.63) is 34.6 Å². The summed E-state index contributed by atoms with van der Waals surface area (Å²) in [5, 5.41) is 6.69. The molecule has 0 saturated carbocycles. The lowest BCUT2D eigenvalue weighted by Gasteiger charge is -2.23. The second-order valence-electron chi connectivity index (χ2n) is 6.08. The van der Waals surface area contributed by atoms with Crippen molar-refractivity contribution in [1.82, 2.24) is 15.1 Å². The van der Waals surface area contributed by atoms with E-state index < -0.39 is 12.2 Å². The quantitative estimate of drug-likeness (QED) is 0.875. The van der Waals surface area contributed by atoms with E-state index in [2.05, 4.69) is 10.4 Å². The maximum absolute atomic E-state index is 13.7. The predicted molar refractivity (Wildman–Crippen MR) is 87.4 cm³/mol. The van der Waals surface area contributed by atoms with Crippen LogP contribution in [-0.2, 0) is 13.6 Å². The molecule has 1 atom stereocenters. The van der Waals surface area contributed by atoms with Crippen molar-refractivity contribution < 1.29 is 27.4 Å². The third-order valence-electron chi connectivity index (χ3n) is 4.45. The second kappa shape index (κ2) is 6.71. The topological polar surface area (TPSA) is 57.5 Å². The first-order valence-electron chi connectivity index (χ1n) is 7.99. The average Bonchev–Trinajstić information content (AvgIpc) is 3.11. The Morgan fingerprint density at radius 1 is 1.27 bits per heavy atom. The lowest BCUT2D eigenvalue weighted by atomic mass is 10.0. The van der Waals surface area contributed by atoms with E-state index in [9.17, 15) is 13.2 Å². The smallest absolute Gasteiger partial charge is 0.408 e. The molecule has 1 aromatic carbocycles. The Bertz CT molecular complexity index is 818. The van der Waals surface area contributed by atoms with E-state index in [-0.39, 0.29) is 18.9 Å². The van der Waals surface area contributed by atoms with Crippen LogP contribution in [0.4, 0.5) is 13.2 Å². The number of benzene rings is 1. The summed E-state index contributed by atoms with van der Waals surface area (Å²) in [5.41, 5.74) is 1.50. The first-order chi connectivity index (χ1) is 12.2. The maximum Gasteiger partial charge on any atom is 0.408 e. The second-order valence-corrected chi connectivity index (χ2v) is 6.08. The van der Waals surface area contributed by atoms with E-state index in [1.54, 1.807) is 33.0 Å². The number of hydrogen-bond acceptors (Lipinski definition) is 5. The molecule has 0 fully saturated rings. The SMILES string of the molecule is COc1cc2c(cc1CN[C@H](c1c(C)nn(C)c1C)C(F)(F)F)OCO2. The molecule has 0 unspecified atom stereocenters. The van der Waals surface area contributed by atoms with Crippen LogP contribution >= 0.6 is 0 Å². The van der Waals surface area contributed by atoms with Crippen molar-refractivity contribution in [3.8, 4) is 17.2 Å². The third kappa shape index (κ3) is 3.31. The van der Waals surface area contributed by atoms with Gasteiger partial charge in [-0.1, -0.05) is 0 Å². The molecule has 26 heavy (non-hydrogen) atoms. The van der Waals surface area contributed by atoms with E-state index >= 15 is 0 Å². The highest BCUT2D eigenvalue weighted by atomic mass is 19.4. The van der Waals surface area contributed by atoms with Gasteiger partial charge < -0.3 is 14.2 Å². The first kappa shape index (κ1) is 18.4. The summed E-state index contributed by atoms with van der Waals surface area (Å²) < 4.78 is 58.4. The molecule has 1 aliphatic rings. The summed E-state index contributed by atoms with van der Waals surface area (Å²) >= 11 is 0. The Balaban J connectivity index is 1.90. The van der Waals surface area contributed by atoms with Crippen LogP contribution in [0, 0.1) is 13.8 Å². The van der Waals surface area contributed by atoms with Gasteiger partial charge in [0.15, 0.2) is 11.5 Å². The molecule has 0 amide bonds. The zero-order chi connectivity index (χ0) is 19.1. The minimum Gasteiger partial charge on any atom is -0.496 e. The monoisotopic (exact) mass is 371 g/mol.